The lowest BCUT2D eigenvalue weighted by Crippen LogP contribution is -2.40. The first kappa shape index (κ1) is 15.7. The number of primary amides is 1. The Kier molecular flexibility index (Phi) is 5.13. The fourth-order valence-electron chi connectivity index (χ4n) is 2.21. The van der Waals surface area contributed by atoms with Gasteiger partial charge in [-0.05, 0) is 17.7 Å². The molecular weight excluding hydrogens is 276 g/mol. The van der Waals surface area contributed by atoms with E-state index in [2.05, 4.69) is 0 Å². The molecule has 1 aromatic rings. The molecule has 4 atom stereocenters. The van der Waals surface area contributed by atoms with E-state index in [1.54, 1.807) is 24.3 Å². The lowest BCUT2D eigenvalue weighted by Gasteiger charge is -2.32. The maximum atomic E-state index is 11.0. The van der Waals surface area contributed by atoms with Crippen molar-refractivity contribution >= 4 is 5.91 Å². The molecule has 1 amide bonds. The van der Waals surface area contributed by atoms with Crippen LogP contribution in [0.15, 0.2) is 24.3 Å². The standard InChI is InChI=1S/C14H20N2O5/c15-13(14(16)19)8-1-3-10(4-2-8)20-12-6-9(18)5-11(7-17)21-12/h1-4,9,11-13,17-18H,5-7,15H2,(H2,16,19)/t9-,11?,12?,13?/m0/s1. The van der Waals surface area contributed by atoms with Gasteiger partial charge in [-0.3, -0.25) is 4.79 Å². The maximum Gasteiger partial charge on any atom is 0.238 e. The number of aliphatic hydroxyl groups is 2. The molecule has 1 saturated heterocycles. The van der Waals surface area contributed by atoms with E-state index in [1.807, 2.05) is 0 Å². The van der Waals surface area contributed by atoms with Gasteiger partial charge in [-0.15, -0.1) is 0 Å². The van der Waals surface area contributed by atoms with Crippen LogP contribution in [0.3, 0.4) is 0 Å². The summed E-state index contributed by atoms with van der Waals surface area (Å²) in [6.07, 6.45) is -0.895. The summed E-state index contributed by atoms with van der Waals surface area (Å²) in [5.74, 6) is -0.0839. The first-order valence-corrected chi connectivity index (χ1v) is 6.75. The van der Waals surface area contributed by atoms with Crippen LogP contribution in [-0.2, 0) is 9.53 Å². The van der Waals surface area contributed by atoms with Gasteiger partial charge in [0.15, 0.2) is 0 Å². The Balaban J connectivity index is 1.98. The van der Waals surface area contributed by atoms with Crippen LogP contribution >= 0.6 is 0 Å². The zero-order chi connectivity index (χ0) is 15.4. The van der Waals surface area contributed by atoms with Crippen LogP contribution in [0.2, 0.25) is 0 Å². The Hall–Kier alpha value is -1.67. The van der Waals surface area contributed by atoms with E-state index in [4.69, 9.17) is 26.0 Å². The van der Waals surface area contributed by atoms with Gasteiger partial charge >= 0.3 is 0 Å². The molecule has 1 aliphatic heterocycles. The molecule has 1 aliphatic rings. The molecular formula is C14H20N2O5. The third kappa shape index (κ3) is 4.15. The minimum absolute atomic E-state index is 0.163. The van der Waals surface area contributed by atoms with Gasteiger partial charge in [0.2, 0.25) is 12.2 Å². The van der Waals surface area contributed by atoms with Gasteiger partial charge in [0, 0.05) is 12.8 Å². The van der Waals surface area contributed by atoms with Crippen LogP contribution in [0.5, 0.6) is 5.75 Å². The van der Waals surface area contributed by atoms with Crippen molar-refractivity contribution in [3.05, 3.63) is 29.8 Å². The minimum Gasteiger partial charge on any atom is -0.465 e. The molecule has 0 saturated carbocycles. The van der Waals surface area contributed by atoms with Gasteiger partial charge in [0.05, 0.1) is 18.8 Å². The number of carbonyl (C=O) groups excluding carboxylic acids is 1. The number of nitrogens with two attached hydrogens (primary N) is 2. The van der Waals surface area contributed by atoms with Crippen molar-refractivity contribution in [2.75, 3.05) is 6.61 Å². The molecule has 0 aliphatic carbocycles. The van der Waals surface area contributed by atoms with Crippen molar-refractivity contribution in [2.45, 2.75) is 37.4 Å². The van der Waals surface area contributed by atoms with Crippen molar-refractivity contribution < 1.29 is 24.5 Å². The molecule has 1 fully saturated rings. The molecule has 2 rings (SSSR count). The normalized spacial score (nSPS) is 27.1. The number of rotatable bonds is 5. The van der Waals surface area contributed by atoms with E-state index in [-0.39, 0.29) is 6.61 Å². The number of ether oxygens (including phenoxy) is 2. The molecule has 6 N–H and O–H groups in total. The second-order valence-corrected chi connectivity index (χ2v) is 5.06. The zero-order valence-corrected chi connectivity index (χ0v) is 11.5. The number of hydrogen-bond acceptors (Lipinski definition) is 6. The third-order valence-electron chi connectivity index (χ3n) is 3.36. The molecule has 21 heavy (non-hydrogen) atoms. The summed E-state index contributed by atoms with van der Waals surface area (Å²) in [5.41, 5.74) is 11.4. The van der Waals surface area contributed by atoms with E-state index in [1.165, 1.54) is 0 Å². The summed E-state index contributed by atoms with van der Waals surface area (Å²) in [5, 5.41) is 18.8. The molecule has 0 aromatic heterocycles. The van der Waals surface area contributed by atoms with Crippen molar-refractivity contribution in [3.8, 4) is 5.75 Å². The zero-order valence-electron chi connectivity index (χ0n) is 11.5. The van der Waals surface area contributed by atoms with Gasteiger partial charge < -0.3 is 31.2 Å². The van der Waals surface area contributed by atoms with Crippen LogP contribution in [0, 0.1) is 0 Å². The van der Waals surface area contributed by atoms with Gasteiger partial charge in [-0.25, -0.2) is 0 Å². The Labute approximate surface area is 122 Å². The number of aliphatic hydroxyl groups excluding tert-OH is 2. The van der Waals surface area contributed by atoms with Crippen molar-refractivity contribution in [3.63, 3.8) is 0 Å². The number of benzene rings is 1. The van der Waals surface area contributed by atoms with Crippen LogP contribution in [0.1, 0.15) is 24.4 Å². The van der Waals surface area contributed by atoms with Crippen LogP contribution < -0.4 is 16.2 Å². The summed E-state index contributed by atoms with van der Waals surface area (Å²) in [7, 11) is 0. The predicted octanol–water partition coefficient (Wildman–Crippen LogP) is -0.591. The topological polar surface area (TPSA) is 128 Å². The summed E-state index contributed by atoms with van der Waals surface area (Å²) >= 11 is 0. The molecule has 3 unspecified atom stereocenters. The Bertz CT molecular complexity index is 479. The SMILES string of the molecule is NC(=O)C(N)c1ccc(OC2C[C@@H](O)CC(CO)O2)cc1. The third-order valence-corrected chi connectivity index (χ3v) is 3.36. The van der Waals surface area contributed by atoms with E-state index in [0.717, 1.165) is 0 Å². The predicted molar refractivity (Wildman–Crippen MR) is 74.2 cm³/mol. The molecule has 0 bridgehead atoms. The monoisotopic (exact) mass is 296 g/mol. The fraction of sp³-hybridized carbons (Fsp3) is 0.500. The quantitative estimate of drug-likeness (QED) is 0.575. The highest BCUT2D eigenvalue weighted by Gasteiger charge is 2.29. The Morgan fingerprint density at radius 1 is 1.38 bits per heavy atom. The van der Waals surface area contributed by atoms with E-state index >= 15 is 0 Å². The van der Waals surface area contributed by atoms with Gasteiger partial charge in [0.1, 0.15) is 11.8 Å². The number of hydrogen-bond donors (Lipinski definition) is 4. The summed E-state index contributed by atoms with van der Waals surface area (Å²) in [4.78, 5) is 11.0. The van der Waals surface area contributed by atoms with Crippen molar-refractivity contribution in [1.29, 1.82) is 0 Å². The Morgan fingerprint density at radius 2 is 2.05 bits per heavy atom. The Morgan fingerprint density at radius 3 is 2.62 bits per heavy atom. The van der Waals surface area contributed by atoms with Crippen LogP contribution in [0.4, 0.5) is 0 Å². The van der Waals surface area contributed by atoms with Crippen molar-refractivity contribution in [2.24, 2.45) is 11.5 Å². The molecule has 7 nitrogen and oxygen atoms in total. The van der Waals surface area contributed by atoms with Gasteiger partial charge in [0.25, 0.3) is 0 Å². The summed E-state index contributed by atoms with van der Waals surface area (Å²) in [6.45, 7) is -0.163. The highest BCUT2D eigenvalue weighted by molar-refractivity contribution is 5.81. The number of carbonyl (C=O) groups is 1. The summed E-state index contributed by atoms with van der Waals surface area (Å²) in [6, 6.07) is 5.74. The molecule has 0 radical (unpaired) electrons. The van der Waals surface area contributed by atoms with Crippen molar-refractivity contribution in [1.82, 2.24) is 0 Å². The highest BCUT2D eigenvalue weighted by Crippen LogP contribution is 2.24. The molecule has 7 heteroatoms. The second-order valence-electron chi connectivity index (χ2n) is 5.06. The van der Waals surface area contributed by atoms with E-state index in [9.17, 15) is 9.90 Å². The van der Waals surface area contributed by atoms with Gasteiger partial charge in [-0.2, -0.15) is 0 Å². The molecule has 1 heterocycles. The summed E-state index contributed by atoms with van der Waals surface area (Å²) < 4.78 is 11.1. The minimum atomic E-state index is -0.856. The second kappa shape index (κ2) is 6.86. The van der Waals surface area contributed by atoms with Gasteiger partial charge in [-0.1, -0.05) is 12.1 Å². The first-order valence-electron chi connectivity index (χ1n) is 6.75. The first-order chi connectivity index (χ1) is 9.99. The highest BCUT2D eigenvalue weighted by atomic mass is 16.7. The smallest absolute Gasteiger partial charge is 0.238 e. The lowest BCUT2D eigenvalue weighted by atomic mass is 10.1. The lowest BCUT2D eigenvalue weighted by molar-refractivity contribution is -0.184. The molecule has 1 aromatic carbocycles. The number of amides is 1. The average Bonchev–Trinajstić information content (AvgIpc) is 2.46. The maximum absolute atomic E-state index is 11.0. The van der Waals surface area contributed by atoms with Crippen LogP contribution in [-0.4, -0.2) is 41.2 Å². The van der Waals surface area contributed by atoms with E-state index in [0.29, 0.717) is 24.2 Å². The molecule has 116 valence electrons. The van der Waals surface area contributed by atoms with Crippen LogP contribution in [0.25, 0.3) is 0 Å². The fourth-order valence-corrected chi connectivity index (χ4v) is 2.21. The largest absolute Gasteiger partial charge is 0.465 e. The van der Waals surface area contributed by atoms with E-state index < -0.39 is 30.4 Å². The molecule has 0 spiro atoms. The average molecular weight is 296 g/mol.